The number of hydrogen-bond donors (Lipinski definition) is 4. The second-order valence-electron chi connectivity index (χ2n) is 11.9. The van der Waals surface area contributed by atoms with E-state index in [0.717, 1.165) is 22.8 Å². The Kier molecular flexibility index (Phi) is 15.9. The molecule has 1 heterocycles. The van der Waals surface area contributed by atoms with Crippen LogP contribution in [-0.4, -0.2) is 56.3 Å². The number of carbonyl (C=O) groups is 2. The molecule has 6 atom stereocenters. The minimum atomic E-state index is -1.63. The fourth-order valence-corrected chi connectivity index (χ4v) is 5.21. The van der Waals surface area contributed by atoms with Gasteiger partial charge in [0.2, 0.25) is 0 Å². The molecule has 4 N–H and O–H groups in total. The van der Waals surface area contributed by atoms with Gasteiger partial charge in [0, 0.05) is 25.3 Å². The maximum atomic E-state index is 12.6. The van der Waals surface area contributed by atoms with E-state index in [-0.39, 0.29) is 42.7 Å². The van der Waals surface area contributed by atoms with Gasteiger partial charge in [0.15, 0.2) is 0 Å². The molecule has 7 heteroatoms. The van der Waals surface area contributed by atoms with E-state index < -0.39 is 23.8 Å². The Labute approximate surface area is 246 Å². The number of rotatable bonds is 11. The highest BCUT2D eigenvalue weighted by Gasteiger charge is 2.44. The van der Waals surface area contributed by atoms with E-state index in [2.05, 4.69) is 13.0 Å². The van der Waals surface area contributed by atoms with Gasteiger partial charge >= 0.3 is 11.9 Å². The molecule has 0 spiro atoms. The largest absolute Gasteiger partial charge is 0.478 e. The lowest BCUT2D eigenvalue weighted by atomic mass is 9.70. The highest BCUT2D eigenvalue weighted by Crippen LogP contribution is 2.38. The maximum Gasteiger partial charge on any atom is 0.328 e. The first-order valence-electron chi connectivity index (χ1n) is 14.7. The Balaban J connectivity index is 3.34. The maximum absolute atomic E-state index is 12.6. The number of cyclic esters (lactones) is 1. The van der Waals surface area contributed by atoms with Crippen molar-refractivity contribution in [1.29, 1.82) is 0 Å². The molecule has 1 aliphatic rings. The van der Waals surface area contributed by atoms with Crippen molar-refractivity contribution in [2.45, 2.75) is 111 Å². The van der Waals surface area contributed by atoms with Crippen LogP contribution in [-0.2, 0) is 14.3 Å². The normalized spacial score (nSPS) is 26.3. The zero-order valence-corrected chi connectivity index (χ0v) is 25.9. The molecule has 0 saturated heterocycles. The number of esters is 1. The predicted octanol–water partition coefficient (Wildman–Crippen LogP) is 6.23. The van der Waals surface area contributed by atoms with E-state index in [4.69, 9.17) is 9.84 Å². The SMILES string of the molecule is CC(=C\C=C\C(C)=C\[C@](O)([C@H](O)C[C@H](C)O)[C@H]1CCCC(=O)OC(C(C)C)C/C=C/C[C@@H]1C)/C=C(C)/C=C/C(=O)O. The molecule has 0 radical (unpaired) electrons. The van der Waals surface area contributed by atoms with Gasteiger partial charge in [0.25, 0.3) is 0 Å². The Bertz CT molecular complexity index is 1030. The quantitative estimate of drug-likeness (QED) is 0.100. The summed E-state index contributed by atoms with van der Waals surface area (Å²) < 4.78 is 5.71. The summed E-state index contributed by atoms with van der Waals surface area (Å²) in [5.41, 5.74) is 0.814. The zero-order valence-electron chi connectivity index (χ0n) is 25.9. The number of hydrogen-bond acceptors (Lipinski definition) is 6. The van der Waals surface area contributed by atoms with Crippen LogP contribution in [0.25, 0.3) is 0 Å². The van der Waals surface area contributed by atoms with E-state index in [1.165, 1.54) is 6.08 Å². The summed E-state index contributed by atoms with van der Waals surface area (Å²) >= 11 is 0. The van der Waals surface area contributed by atoms with Gasteiger partial charge in [-0.3, -0.25) is 4.79 Å². The van der Waals surface area contributed by atoms with Crippen LogP contribution in [0.3, 0.4) is 0 Å². The molecule has 1 rings (SSSR count). The van der Waals surface area contributed by atoms with Crippen molar-refractivity contribution in [2.24, 2.45) is 17.8 Å². The molecule has 0 aromatic carbocycles. The smallest absolute Gasteiger partial charge is 0.328 e. The number of carbonyl (C=O) groups excluding carboxylic acids is 1. The van der Waals surface area contributed by atoms with Crippen LogP contribution in [0.4, 0.5) is 0 Å². The fourth-order valence-electron chi connectivity index (χ4n) is 5.21. The third kappa shape index (κ3) is 13.6. The van der Waals surface area contributed by atoms with Crippen molar-refractivity contribution in [1.82, 2.24) is 0 Å². The molecule has 0 saturated carbocycles. The average molecular weight is 573 g/mol. The van der Waals surface area contributed by atoms with Gasteiger partial charge in [-0.15, -0.1) is 0 Å². The summed E-state index contributed by atoms with van der Waals surface area (Å²) in [7, 11) is 0. The van der Waals surface area contributed by atoms with Crippen LogP contribution >= 0.6 is 0 Å². The van der Waals surface area contributed by atoms with Crippen molar-refractivity contribution in [2.75, 3.05) is 0 Å². The number of aliphatic hydroxyl groups is 3. The monoisotopic (exact) mass is 572 g/mol. The lowest BCUT2D eigenvalue weighted by Crippen LogP contribution is -2.51. The van der Waals surface area contributed by atoms with Crippen molar-refractivity contribution < 1.29 is 34.8 Å². The third-order valence-electron chi connectivity index (χ3n) is 7.47. The lowest BCUT2D eigenvalue weighted by molar-refractivity contribution is -0.151. The Morgan fingerprint density at radius 3 is 2.32 bits per heavy atom. The lowest BCUT2D eigenvalue weighted by Gasteiger charge is -2.42. The number of carboxylic acids is 1. The first-order chi connectivity index (χ1) is 19.1. The van der Waals surface area contributed by atoms with Crippen molar-refractivity contribution in [3.63, 3.8) is 0 Å². The molecule has 230 valence electrons. The van der Waals surface area contributed by atoms with E-state index in [1.54, 1.807) is 13.0 Å². The molecule has 0 aliphatic carbocycles. The van der Waals surface area contributed by atoms with Gasteiger partial charge in [0.1, 0.15) is 11.7 Å². The second-order valence-corrected chi connectivity index (χ2v) is 11.9. The summed E-state index contributed by atoms with van der Waals surface area (Å²) in [5.74, 6) is -1.42. The first kappa shape index (κ1) is 36.3. The van der Waals surface area contributed by atoms with Gasteiger partial charge in [-0.2, -0.15) is 0 Å². The van der Waals surface area contributed by atoms with Crippen LogP contribution in [0.5, 0.6) is 0 Å². The van der Waals surface area contributed by atoms with E-state index in [0.29, 0.717) is 25.7 Å². The van der Waals surface area contributed by atoms with Crippen LogP contribution in [0.2, 0.25) is 0 Å². The molecule has 1 unspecified atom stereocenters. The minimum Gasteiger partial charge on any atom is -0.478 e. The third-order valence-corrected chi connectivity index (χ3v) is 7.47. The van der Waals surface area contributed by atoms with Gasteiger partial charge in [-0.05, 0) is 70.8 Å². The van der Waals surface area contributed by atoms with Crippen molar-refractivity contribution in [3.8, 4) is 0 Å². The Morgan fingerprint density at radius 1 is 1.05 bits per heavy atom. The van der Waals surface area contributed by atoms with E-state index in [1.807, 2.05) is 65.0 Å². The molecule has 0 bridgehead atoms. The standard InChI is InChI=1S/C34H52O7/c1-23(2)30-16-9-8-14-27(6)29(15-11-17-33(39)41-30)34(40,31(36)21-28(7)35)22-26(5)13-10-12-24(3)20-25(4)18-19-32(37)38/h8-10,12-13,18-20,22-23,27-31,35-36,40H,11,14-17,21H2,1-7H3,(H,37,38)/b9-8+,13-10+,19-18+,24-12+,25-20+,26-22+/t27-,28-,29-,30?,31+,34+/m0/s1. The number of allylic oxidation sites excluding steroid dienone is 9. The number of ether oxygens (including phenoxy) is 1. The van der Waals surface area contributed by atoms with Crippen LogP contribution < -0.4 is 0 Å². The summed E-state index contributed by atoms with van der Waals surface area (Å²) in [6.07, 6.45) is 16.2. The van der Waals surface area contributed by atoms with Crippen molar-refractivity contribution in [3.05, 3.63) is 71.4 Å². The molecule has 0 fully saturated rings. The summed E-state index contributed by atoms with van der Waals surface area (Å²) in [5, 5.41) is 42.2. The van der Waals surface area contributed by atoms with Gasteiger partial charge in [0.05, 0.1) is 12.2 Å². The number of aliphatic carboxylic acids is 1. The van der Waals surface area contributed by atoms with Crippen molar-refractivity contribution >= 4 is 11.9 Å². The summed E-state index contributed by atoms with van der Waals surface area (Å²) in [6.45, 7) is 13.3. The number of carboxylic acid groups (broad SMARTS) is 1. The number of aliphatic hydroxyl groups excluding tert-OH is 2. The molecule has 1 aliphatic heterocycles. The Morgan fingerprint density at radius 2 is 1.71 bits per heavy atom. The predicted molar refractivity (Wildman–Crippen MR) is 164 cm³/mol. The Hall–Kier alpha value is -2.74. The molecule has 0 aromatic rings. The molecule has 0 aromatic heterocycles. The van der Waals surface area contributed by atoms with E-state index >= 15 is 0 Å². The zero-order chi connectivity index (χ0) is 31.2. The first-order valence-corrected chi connectivity index (χ1v) is 14.7. The average Bonchev–Trinajstić information content (AvgIpc) is 2.85. The minimum absolute atomic E-state index is 0.00464. The topological polar surface area (TPSA) is 124 Å². The molecule has 7 nitrogen and oxygen atoms in total. The molecule has 0 amide bonds. The summed E-state index contributed by atoms with van der Waals surface area (Å²) in [4.78, 5) is 23.3. The molecular weight excluding hydrogens is 520 g/mol. The van der Waals surface area contributed by atoms with E-state index in [9.17, 15) is 24.9 Å². The second kappa shape index (κ2) is 17.9. The highest BCUT2D eigenvalue weighted by molar-refractivity contribution is 5.80. The fraction of sp³-hybridized carbons (Fsp3) is 0.588. The molecule has 41 heavy (non-hydrogen) atoms. The molecular formula is C34H52O7. The van der Waals surface area contributed by atoms with Crippen LogP contribution in [0, 0.1) is 17.8 Å². The van der Waals surface area contributed by atoms with Crippen LogP contribution in [0.1, 0.15) is 87.0 Å². The van der Waals surface area contributed by atoms with Gasteiger partial charge < -0.3 is 25.2 Å². The van der Waals surface area contributed by atoms with Crippen LogP contribution in [0.15, 0.2) is 71.4 Å². The summed E-state index contributed by atoms with van der Waals surface area (Å²) in [6, 6.07) is 0. The van der Waals surface area contributed by atoms with Gasteiger partial charge in [-0.25, -0.2) is 4.79 Å². The van der Waals surface area contributed by atoms with Gasteiger partial charge in [-0.1, -0.05) is 80.0 Å². The highest BCUT2D eigenvalue weighted by atomic mass is 16.5.